The lowest BCUT2D eigenvalue weighted by Gasteiger charge is -2.38. The Morgan fingerprint density at radius 1 is 1.50 bits per heavy atom. The van der Waals surface area contributed by atoms with Gasteiger partial charge in [-0.25, -0.2) is 0 Å². The maximum Gasteiger partial charge on any atom is 0.0756 e. The molecule has 1 aromatic carbocycles. The number of hydrogen-bond acceptors (Lipinski definition) is 2. The zero-order valence-corrected chi connectivity index (χ0v) is 10.4. The molecule has 0 bridgehead atoms. The van der Waals surface area contributed by atoms with Crippen molar-refractivity contribution in [3.05, 3.63) is 29.3 Å². The average Bonchev–Trinajstić information content (AvgIpc) is 2.27. The molecule has 1 aliphatic heterocycles. The molecule has 2 heteroatoms. The van der Waals surface area contributed by atoms with E-state index in [0.717, 1.165) is 19.4 Å². The second-order valence-corrected chi connectivity index (χ2v) is 4.90. The molecule has 88 valence electrons. The molecule has 1 heterocycles. The molecule has 0 aliphatic carbocycles. The second kappa shape index (κ2) is 4.46. The molecule has 1 N–H and O–H groups in total. The lowest BCUT2D eigenvalue weighted by Crippen LogP contribution is -2.43. The molecule has 0 spiro atoms. The second-order valence-electron chi connectivity index (χ2n) is 4.90. The van der Waals surface area contributed by atoms with E-state index < -0.39 is 0 Å². The average molecular weight is 219 g/mol. The molecule has 0 aromatic heterocycles. The smallest absolute Gasteiger partial charge is 0.0756 e. The first-order valence-corrected chi connectivity index (χ1v) is 6.16. The van der Waals surface area contributed by atoms with E-state index in [0.29, 0.717) is 6.04 Å². The first-order valence-electron chi connectivity index (χ1n) is 6.16. The Morgan fingerprint density at radius 2 is 2.25 bits per heavy atom. The highest BCUT2D eigenvalue weighted by atomic mass is 16.3. The third kappa shape index (κ3) is 2.07. The van der Waals surface area contributed by atoms with E-state index in [4.69, 9.17) is 0 Å². The lowest BCUT2D eigenvalue weighted by molar-refractivity contribution is 0.172. The van der Waals surface area contributed by atoms with Crippen LogP contribution in [-0.2, 0) is 6.42 Å². The van der Waals surface area contributed by atoms with Gasteiger partial charge in [-0.2, -0.15) is 0 Å². The van der Waals surface area contributed by atoms with Crippen LogP contribution in [0.15, 0.2) is 18.2 Å². The summed E-state index contributed by atoms with van der Waals surface area (Å²) in [7, 11) is 0. The van der Waals surface area contributed by atoms with Crippen LogP contribution in [-0.4, -0.2) is 23.8 Å². The molecule has 0 amide bonds. The lowest BCUT2D eigenvalue weighted by atomic mass is 9.96. The summed E-state index contributed by atoms with van der Waals surface area (Å²) < 4.78 is 0. The van der Waals surface area contributed by atoms with E-state index in [-0.39, 0.29) is 6.10 Å². The van der Waals surface area contributed by atoms with E-state index in [1.807, 2.05) is 0 Å². The fourth-order valence-corrected chi connectivity index (χ4v) is 2.40. The zero-order chi connectivity index (χ0) is 11.7. The van der Waals surface area contributed by atoms with Crippen molar-refractivity contribution in [3.8, 4) is 0 Å². The fraction of sp³-hybridized carbons (Fsp3) is 0.571. The molecule has 0 fully saturated rings. The van der Waals surface area contributed by atoms with Crippen LogP contribution in [0.4, 0.5) is 5.69 Å². The molecule has 1 aromatic rings. The van der Waals surface area contributed by atoms with E-state index in [9.17, 15) is 5.11 Å². The van der Waals surface area contributed by atoms with Gasteiger partial charge in [0.1, 0.15) is 0 Å². The molecule has 1 aliphatic rings. The van der Waals surface area contributed by atoms with E-state index in [2.05, 4.69) is 43.9 Å². The first kappa shape index (κ1) is 11.5. The number of aliphatic hydroxyl groups excluding tert-OH is 1. The van der Waals surface area contributed by atoms with Gasteiger partial charge < -0.3 is 10.0 Å². The maximum absolute atomic E-state index is 9.90. The number of β-amino-alcohol motifs (C(OH)–C–C–N with tert-alkyl or cyclic N) is 1. The van der Waals surface area contributed by atoms with Gasteiger partial charge in [-0.3, -0.25) is 0 Å². The van der Waals surface area contributed by atoms with Crippen molar-refractivity contribution in [2.45, 2.75) is 45.8 Å². The minimum Gasteiger partial charge on any atom is -0.391 e. The van der Waals surface area contributed by atoms with Crippen molar-refractivity contribution in [2.75, 3.05) is 11.4 Å². The van der Waals surface area contributed by atoms with Gasteiger partial charge in [0, 0.05) is 24.7 Å². The predicted octanol–water partition coefficient (Wildman–Crippen LogP) is 2.52. The van der Waals surface area contributed by atoms with Crippen LogP contribution >= 0.6 is 0 Å². The zero-order valence-electron chi connectivity index (χ0n) is 10.4. The van der Waals surface area contributed by atoms with Crippen molar-refractivity contribution < 1.29 is 5.11 Å². The standard InChI is InChI=1S/C14H21NO/c1-4-11(3)15-9-13(16)8-12-6-5-10(2)7-14(12)15/h5-7,11,13,16H,4,8-9H2,1-3H3. The summed E-state index contributed by atoms with van der Waals surface area (Å²) in [5, 5.41) is 9.90. The van der Waals surface area contributed by atoms with Gasteiger partial charge in [0.05, 0.1) is 6.10 Å². The molecule has 0 saturated carbocycles. The Hall–Kier alpha value is -1.02. The van der Waals surface area contributed by atoms with Gasteiger partial charge in [-0.15, -0.1) is 0 Å². The van der Waals surface area contributed by atoms with Crippen LogP contribution in [0.3, 0.4) is 0 Å². The van der Waals surface area contributed by atoms with E-state index in [1.54, 1.807) is 0 Å². The Morgan fingerprint density at radius 3 is 2.94 bits per heavy atom. The summed E-state index contributed by atoms with van der Waals surface area (Å²) in [6.07, 6.45) is 1.69. The number of anilines is 1. The monoisotopic (exact) mass is 219 g/mol. The summed E-state index contributed by atoms with van der Waals surface area (Å²) >= 11 is 0. The molecule has 0 saturated heterocycles. The third-order valence-corrected chi connectivity index (χ3v) is 3.54. The first-order chi connectivity index (χ1) is 7.61. The quantitative estimate of drug-likeness (QED) is 0.826. The van der Waals surface area contributed by atoms with Crippen LogP contribution < -0.4 is 4.90 Å². The number of benzene rings is 1. The SMILES string of the molecule is CCC(C)N1CC(O)Cc2ccc(C)cc21. The number of nitrogens with zero attached hydrogens (tertiary/aromatic N) is 1. The Balaban J connectivity index is 2.39. The van der Waals surface area contributed by atoms with Gasteiger partial charge in [-0.1, -0.05) is 19.1 Å². The van der Waals surface area contributed by atoms with Crippen LogP contribution in [0.2, 0.25) is 0 Å². The minimum atomic E-state index is -0.218. The summed E-state index contributed by atoms with van der Waals surface area (Å²) in [6, 6.07) is 7.03. The van der Waals surface area contributed by atoms with Gasteiger partial charge >= 0.3 is 0 Å². The highest BCUT2D eigenvalue weighted by Gasteiger charge is 2.25. The minimum absolute atomic E-state index is 0.218. The maximum atomic E-state index is 9.90. The van der Waals surface area contributed by atoms with Crippen molar-refractivity contribution in [2.24, 2.45) is 0 Å². The van der Waals surface area contributed by atoms with E-state index in [1.165, 1.54) is 16.8 Å². The van der Waals surface area contributed by atoms with Crippen LogP contribution in [0, 0.1) is 6.92 Å². The van der Waals surface area contributed by atoms with Gasteiger partial charge in [0.15, 0.2) is 0 Å². The molecule has 2 unspecified atom stereocenters. The van der Waals surface area contributed by atoms with Crippen molar-refractivity contribution in [1.29, 1.82) is 0 Å². The number of fused-ring (bicyclic) bond motifs is 1. The Kier molecular flexibility index (Phi) is 3.20. The van der Waals surface area contributed by atoms with Gasteiger partial charge in [-0.05, 0) is 37.5 Å². The number of hydrogen-bond donors (Lipinski definition) is 1. The largest absolute Gasteiger partial charge is 0.391 e. The van der Waals surface area contributed by atoms with Crippen molar-refractivity contribution in [3.63, 3.8) is 0 Å². The predicted molar refractivity (Wildman–Crippen MR) is 68.0 cm³/mol. The van der Waals surface area contributed by atoms with Crippen LogP contribution in [0.25, 0.3) is 0 Å². The third-order valence-electron chi connectivity index (χ3n) is 3.54. The number of rotatable bonds is 2. The molecular formula is C14H21NO. The summed E-state index contributed by atoms with van der Waals surface area (Å²) in [5.74, 6) is 0. The Bertz CT molecular complexity index is 375. The fourth-order valence-electron chi connectivity index (χ4n) is 2.40. The topological polar surface area (TPSA) is 23.5 Å². The number of aryl methyl sites for hydroxylation is 1. The highest BCUT2D eigenvalue weighted by Crippen LogP contribution is 2.30. The summed E-state index contributed by atoms with van der Waals surface area (Å²) in [5.41, 5.74) is 3.90. The van der Waals surface area contributed by atoms with Crippen LogP contribution in [0.5, 0.6) is 0 Å². The molecular weight excluding hydrogens is 198 g/mol. The van der Waals surface area contributed by atoms with Crippen LogP contribution in [0.1, 0.15) is 31.4 Å². The summed E-state index contributed by atoms with van der Waals surface area (Å²) in [6.45, 7) is 7.32. The van der Waals surface area contributed by atoms with Crippen molar-refractivity contribution in [1.82, 2.24) is 0 Å². The van der Waals surface area contributed by atoms with Gasteiger partial charge in [0.2, 0.25) is 0 Å². The molecule has 2 atom stereocenters. The molecule has 2 nitrogen and oxygen atoms in total. The Labute approximate surface area is 97.9 Å². The molecule has 2 rings (SSSR count). The van der Waals surface area contributed by atoms with Gasteiger partial charge in [0.25, 0.3) is 0 Å². The highest BCUT2D eigenvalue weighted by molar-refractivity contribution is 5.58. The normalized spacial score (nSPS) is 21.8. The molecule has 0 radical (unpaired) electrons. The van der Waals surface area contributed by atoms with E-state index >= 15 is 0 Å². The molecule has 16 heavy (non-hydrogen) atoms. The summed E-state index contributed by atoms with van der Waals surface area (Å²) in [4.78, 5) is 2.34. The number of aliphatic hydroxyl groups is 1. The van der Waals surface area contributed by atoms with Crippen molar-refractivity contribution >= 4 is 5.69 Å².